The van der Waals surface area contributed by atoms with Crippen molar-refractivity contribution in [3.63, 3.8) is 0 Å². The van der Waals surface area contributed by atoms with E-state index in [1.54, 1.807) is 11.8 Å². The molecule has 0 saturated carbocycles. The lowest BCUT2D eigenvalue weighted by molar-refractivity contribution is -0.121. The van der Waals surface area contributed by atoms with Crippen LogP contribution in [-0.4, -0.2) is 42.4 Å². The summed E-state index contributed by atoms with van der Waals surface area (Å²) < 4.78 is 22.9. The highest BCUT2D eigenvalue weighted by atomic mass is 32.2. The summed E-state index contributed by atoms with van der Waals surface area (Å²) in [6.07, 6.45) is 2.75. The van der Waals surface area contributed by atoms with Gasteiger partial charge in [0.25, 0.3) is 0 Å². The van der Waals surface area contributed by atoms with Crippen LogP contribution in [-0.2, 0) is 14.6 Å². The molecular weight excluding hydrogens is 270 g/mol. The maximum atomic E-state index is 12.0. The van der Waals surface area contributed by atoms with Gasteiger partial charge < -0.3 is 5.32 Å². The van der Waals surface area contributed by atoms with E-state index in [2.05, 4.69) is 12.2 Å². The quantitative estimate of drug-likeness (QED) is 0.756. The number of unbranched alkanes of at least 4 members (excludes halogenated alkanes) is 1. The van der Waals surface area contributed by atoms with Crippen molar-refractivity contribution in [1.29, 1.82) is 0 Å². The number of sulfone groups is 1. The van der Waals surface area contributed by atoms with Crippen LogP contribution in [0, 0.1) is 0 Å². The van der Waals surface area contributed by atoms with Gasteiger partial charge in [-0.15, -0.1) is 11.8 Å². The maximum Gasteiger partial charge on any atom is 0.233 e. The van der Waals surface area contributed by atoms with Crippen LogP contribution in [0.15, 0.2) is 0 Å². The second-order valence-electron chi connectivity index (χ2n) is 5.26. The maximum absolute atomic E-state index is 12.0. The number of hydrogen-bond donors (Lipinski definition) is 1. The predicted octanol–water partition coefficient (Wildman–Crippen LogP) is 1.60. The van der Waals surface area contributed by atoms with Crippen molar-refractivity contribution in [1.82, 2.24) is 5.32 Å². The number of thioether (sulfide) groups is 1. The molecular formula is C12H23NO3S2. The third-order valence-electron chi connectivity index (χ3n) is 3.16. The molecule has 6 heteroatoms. The van der Waals surface area contributed by atoms with Gasteiger partial charge in [-0.3, -0.25) is 4.79 Å². The molecule has 0 aliphatic carbocycles. The molecule has 4 nitrogen and oxygen atoms in total. The monoisotopic (exact) mass is 293 g/mol. The Balaban J connectivity index is 2.44. The fourth-order valence-electron chi connectivity index (χ4n) is 1.99. The SMILES string of the molecule is CCCCSC(C)C(=O)NC1(C)CCS(=O)(=O)C1. The molecule has 2 unspecified atom stereocenters. The summed E-state index contributed by atoms with van der Waals surface area (Å²) in [4.78, 5) is 12.0. The van der Waals surface area contributed by atoms with Gasteiger partial charge >= 0.3 is 0 Å². The van der Waals surface area contributed by atoms with Gasteiger partial charge in [-0.2, -0.15) is 0 Å². The number of rotatable bonds is 6. The second kappa shape index (κ2) is 6.28. The minimum Gasteiger partial charge on any atom is -0.349 e. The van der Waals surface area contributed by atoms with Crippen LogP contribution in [0.4, 0.5) is 0 Å². The van der Waals surface area contributed by atoms with Crippen molar-refractivity contribution in [2.45, 2.75) is 50.8 Å². The van der Waals surface area contributed by atoms with Gasteiger partial charge in [0.15, 0.2) is 9.84 Å². The summed E-state index contributed by atoms with van der Waals surface area (Å²) in [5, 5.41) is 2.78. The molecule has 0 aromatic rings. The average Bonchev–Trinajstić information content (AvgIpc) is 2.53. The first-order chi connectivity index (χ1) is 8.28. The summed E-state index contributed by atoms with van der Waals surface area (Å²) in [7, 11) is -2.97. The first-order valence-corrected chi connectivity index (χ1v) is 9.29. The molecule has 0 aromatic heterocycles. The molecule has 1 aliphatic heterocycles. The zero-order valence-corrected chi connectivity index (χ0v) is 13.0. The number of amides is 1. The molecule has 0 aromatic carbocycles. The van der Waals surface area contributed by atoms with Gasteiger partial charge in [-0.25, -0.2) is 8.42 Å². The molecule has 0 spiro atoms. The van der Waals surface area contributed by atoms with Crippen LogP contribution in [0.5, 0.6) is 0 Å². The highest BCUT2D eigenvalue weighted by Gasteiger charge is 2.39. The summed E-state index contributed by atoms with van der Waals surface area (Å²) in [5.74, 6) is 1.18. The van der Waals surface area contributed by atoms with Crippen LogP contribution in [0.1, 0.15) is 40.0 Å². The zero-order chi connectivity index (χ0) is 13.8. The number of hydrogen-bond acceptors (Lipinski definition) is 4. The molecule has 1 amide bonds. The number of carbonyl (C=O) groups excluding carboxylic acids is 1. The van der Waals surface area contributed by atoms with E-state index in [9.17, 15) is 13.2 Å². The topological polar surface area (TPSA) is 63.2 Å². The molecule has 0 bridgehead atoms. The van der Waals surface area contributed by atoms with E-state index in [1.165, 1.54) is 0 Å². The van der Waals surface area contributed by atoms with Gasteiger partial charge in [0.1, 0.15) is 0 Å². The standard InChI is InChI=1S/C12H23NO3S2/c1-4-5-7-17-10(2)11(14)13-12(3)6-8-18(15,16)9-12/h10H,4-9H2,1-3H3,(H,13,14). The first-order valence-electron chi connectivity index (χ1n) is 6.42. The van der Waals surface area contributed by atoms with Crippen LogP contribution in [0.3, 0.4) is 0 Å². The highest BCUT2D eigenvalue weighted by molar-refractivity contribution is 8.00. The van der Waals surface area contributed by atoms with E-state index < -0.39 is 15.4 Å². The second-order valence-corrected chi connectivity index (χ2v) is 8.89. The largest absolute Gasteiger partial charge is 0.349 e. The van der Waals surface area contributed by atoms with Gasteiger partial charge in [-0.1, -0.05) is 13.3 Å². The van der Waals surface area contributed by atoms with Crippen LogP contribution in [0.2, 0.25) is 0 Å². The van der Waals surface area contributed by atoms with E-state index in [4.69, 9.17) is 0 Å². The Morgan fingerprint density at radius 1 is 1.50 bits per heavy atom. The number of nitrogens with one attached hydrogen (secondary N) is 1. The van der Waals surface area contributed by atoms with Crippen molar-refractivity contribution in [3.05, 3.63) is 0 Å². The number of carbonyl (C=O) groups is 1. The van der Waals surface area contributed by atoms with E-state index in [1.807, 2.05) is 13.8 Å². The first kappa shape index (κ1) is 15.8. The molecule has 1 aliphatic rings. The van der Waals surface area contributed by atoms with Gasteiger partial charge in [0.2, 0.25) is 5.91 Å². The van der Waals surface area contributed by atoms with Gasteiger partial charge in [0, 0.05) is 0 Å². The molecule has 1 saturated heterocycles. The van der Waals surface area contributed by atoms with Gasteiger partial charge in [0.05, 0.1) is 22.3 Å². The minimum atomic E-state index is -2.97. The van der Waals surface area contributed by atoms with Crippen molar-refractivity contribution in [2.24, 2.45) is 0 Å². The third kappa shape index (κ3) is 4.80. The molecule has 2 atom stereocenters. The molecule has 106 valence electrons. The van der Waals surface area contributed by atoms with Crippen molar-refractivity contribution in [3.8, 4) is 0 Å². The van der Waals surface area contributed by atoms with Crippen molar-refractivity contribution >= 4 is 27.5 Å². The van der Waals surface area contributed by atoms with E-state index in [0.29, 0.717) is 6.42 Å². The Labute approximate surface area is 114 Å². The molecule has 18 heavy (non-hydrogen) atoms. The van der Waals surface area contributed by atoms with Crippen LogP contribution >= 0.6 is 11.8 Å². The Bertz CT molecular complexity index is 394. The lowest BCUT2D eigenvalue weighted by Gasteiger charge is -2.25. The van der Waals surface area contributed by atoms with Crippen molar-refractivity contribution < 1.29 is 13.2 Å². The van der Waals surface area contributed by atoms with E-state index in [-0.39, 0.29) is 22.7 Å². The Hall–Kier alpha value is -0.230. The fraction of sp³-hybridized carbons (Fsp3) is 0.917. The third-order valence-corrected chi connectivity index (χ3v) is 6.30. The van der Waals surface area contributed by atoms with E-state index in [0.717, 1.165) is 18.6 Å². The normalized spacial score (nSPS) is 27.9. The summed E-state index contributed by atoms with van der Waals surface area (Å²) in [6, 6.07) is 0. The van der Waals surface area contributed by atoms with E-state index >= 15 is 0 Å². The Kier molecular flexibility index (Phi) is 5.52. The summed E-state index contributed by atoms with van der Waals surface area (Å²) in [6.45, 7) is 5.82. The minimum absolute atomic E-state index is 0.0456. The lowest BCUT2D eigenvalue weighted by atomic mass is 10.0. The van der Waals surface area contributed by atoms with Crippen LogP contribution in [0.25, 0.3) is 0 Å². The molecule has 1 heterocycles. The highest BCUT2D eigenvalue weighted by Crippen LogP contribution is 2.24. The molecule has 1 rings (SSSR count). The summed E-state index contributed by atoms with van der Waals surface area (Å²) in [5.41, 5.74) is -0.574. The predicted molar refractivity (Wildman–Crippen MR) is 76.6 cm³/mol. The zero-order valence-electron chi connectivity index (χ0n) is 11.4. The lowest BCUT2D eigenvalue weighted by Crippen LogP contribution is -2.49. The smallest absolute Gasteiger partial charge is 0.233 e. The molecule has 1 N–H and O–H groups in total. The Morgan fingerprint density at radius 2 is 2.17 bits per heavy atom. The molecule has 0 radical (unpaired) electrons. The Morgan fingerprint density at radius 3 is 2.67 bits per heavy atom. The van der Waals surface area contributed by atoms with Crippen molar-refractivity contribution in [2.75, 3.05) is 17.3 Å². The fourth-order valence-corrected chi connectivity index (χ4v) is 5.10. The van der Waals surface area contributed by atoms with Crippen LogP contribution < -0.4 is 5.32 Å². The summed E-state index contributed by atoms with van der Waals surface area (Å²) >= 11 is 1.63. The van der Waals surface area contributed by atoms with Gasteiger partial charge in [-0.05, 0) is 32.4 Å². The average molecular weight is 293 g/mol. The molecule has 1 fully saturated rings.